The maximum Gasteiger partial charge on any atom is 0.320 e. The molecule has 0 radical (unpaired) electrons. The number of urea groups is 1. The van der Waals surface area contributed by atoms with Crippen molar-refractivity contribution in [3.63, 3.8) is 0 Å². The molecule has 0 bridgehead atoms. The average Bonchev–Trinajstić information content (AvgIpc) is 2.91. The molecule has 0 unspecified atom stereocenters. The molecule has 2 heterocycles. The molecule has 1 aliphatic rings. The van der Waals surface area contributed by atoms with Gasteiger partial charge in [0.1, 0.15) is 11.5 Å². The summed E-state index contributed by atoms with van der Waals surface area (Å²) in [5, 5.41) is 11.8. The van der Waals surface area contributed by atoms with Crippen molar-refractivity contribution in [1.82, 2.24) is 10.5 Å². The molecule has 1 aromatic heterocycles. The van der Waals surface area contributed by atoms with Crippen molar-refractivity contribution in [3.05, 3.63) is 35.6 Å². The lowest BCUT2D eigenvalue weighted by molar-refractivity contribution is -0.118. The first-order valence-corrected chi connectivity index (χ1v) is 7.08. The van der Waals surface area contributed by atoms with E-state index in [2.05, 4.69) is 21.1 Å². The zero-order valence-electron chi connectivity index (χ0n) is 12.7. The van der Waals surface area contributed by atoms with Crippen LogP contribution >= 0.6 is 0 Å². The van der Waals surface area contributed by atoms with Crippen molar-refractivity contribution in [1.29, 1.82) is 0 Å². The number of amides is 3. The van der Waals surface area contributed by atoms with E-state index in [1.807, 2.05) is 13.0 Å². The van der Waals surface area contributed by atoms with Gasteiger partial charge in [-0.05, 0) is 31.5 Å². The highest BCUT2D eigenvalue weighted by Crippen LogP contribution is 2.30. The number of hydrogen-bond donors (Lipinski definition) is 3. The Kier molecular flexibility index (Phi) is 3.88. The monoisotopic (exact) mass is 316 g/mol. The highest BCUT2D eigenvalue weighted by atomic mass is 16.5. The van der Waals surface area contributed by atoms with Crippen LogP contribution in [0.25, 0.3) is 0 Å². The Bertz CT molecular complexity index is 756. The molecule has 2 aromatic rings. The molecule has 3 N–H and O–H groups in total. The maximum atomic E-state index is 11.9. The predicted molar refractivity (Wildman–Crippen MR) is 82.4 cm³/mol. The number of ether oxygens (including phenoxy) is 1. The Morgan fingerprint density at radius 3 is 2.96 bits per heavy atom. The Morgan fingerprint density at radius 1 is 1.39 bits per heavy atom. The first-order valence-electron chi connectivity index (χ1n) is 7.08. The van der Waals surface area contributed by atoms with Crippen molar-refractivity contribution in [2.45, 2.75) is 19.9 Å². The normalized spacial score (nSPS) is 14.3. The summed E-state index contributed by atoms with van der Waals surface area (Å²) in [7, 11) is 0. The van der Waals surface area contributed by atoms with Gasteiger partial charge in [-0.3, -0.25) is 10.1 Å². The lowest BCUT2D eigenvalue weighted by Gasteiger charge is -2.20. The van der Waals surface area contributed by atoms with Crippen molar-refractivity contribution in [2.24, 2.45) is 0 Å². The minimum Gasteiger partial charge on any atom is -0.482 e. The first kappa shape index (κ1) is 14.9. The number of benzene rings is 1. The van der Waals surface area contributed by atoms with Crippen LogP contribution in [-0.2, 0) is 4.79 Å². The van der Waals surface area contributed by atoms with Gasteiger partial charge in [0.25, 0.3) is 5.91 Å². The fourth-order valence-corrected chi connectivity index (χ4v) is 2.23. The minimum absolute atomic E-state index is 0.0136. The van der Waals surface area contributed by atoms with Gasteiger partial charge in [0.05, 0.1) is 11.7 Å². The summed E-state index contributed by atoms with van der Waals surface area (Å²) in [4.78, 5) is 23.3. The summed E-state index contributed by atoms with van der Waals surface area (Å²) in [6, 6.07) is 6.33. The SMILES string of the molecule is Cc1cc(NC(=O)N[C@H](C)c2ccc3c(c2)NC(=O)CO3)no1. The van der Waals surface area contributed by atoms with E-state index in [9.17, 15) is 9.59 Å². The maximum absolute atomic E-state index is 11.9. The lowest BCUT2D eigenvalue weighted by Crippen LogP contribution is -2.31. The van der Waals surface area contributed by atoms with Crippen LogP contribution in [0.4, 0.5) is 16.3 Å². The molecule has 0 fully saturated rings. The molecule has 0 saturated heterocycles. The van der Waals surface area contributed by atoms with Crippen LogP contribution < -0.4 is 20.7 Å². The van der Waals surface area contributed by atoms with E-state index in [1.54, 1.807) is 25.1 Å². The highest BCUT2D eigenvalue weighted by Gasteiger charge is 2.18. The van der Waals surface area contributed by atoms with Gasteiger partial charge in [-0.25, -0.2) is 4.79 Å². The van der Waals surface area contributed by atoms with Crippen molar-refractivity contribution in [2.75, 3.05) is 17.2 Å². The Hall–Kier alpha value is -3.03. The van der Waals surface area contributed by atoms with Gasteiger partial charge in [-0.2, -0.15) is 0 Å². The van der Waals surface area contributed by atoms with Crippen molar-refractivity contribution >= 4 is 23.4 Å². The third-order valence-electron chi connectivity index (χ3n) is 3.35. The lowest BCUT2D eigenvalue weighted by atomic mass is 10.1. The molecule has 1 atom stereocenters. The van der Waals surface area contributed by atoms with Crippen LogP contribution in [0, 0.1) is 6.92 Å². The molecule has 0 aliphatic carbocycles. The Balaban J connectivity index is 1.66. The molecule has 1 aliphatic heterocycles. The largest absolute Gasteiger partial charge is 0.482 e. The third-order valence-corrected chi connectivity index (χ3v) is 3.35. The van der Waals surface area contributed by atoms with Gasteiger partial charge >= 0.3 is 6.03 Å². The van der Waals surface area contributed by atoms with E-state index >= 15 is 0 Å². The van der Waals surface area contributed by atoms with Crippen LogP contribution in [-0.4, -0.2) is 23.7 Å². The quantitative estimate of drug-likeness (QED) is 0.805. The van der Waals surface area contributed by atoms with Crippen LogP contribution in [0.15, 0.2) is 28.8 Å². The number of carbonyl (C=O) groups is 2. The summed E-state index contributed by atoms with van der Waals surface area (Å²) in [6.07, 6.45) is 0. The number of nitrogens with one attached hydrogen (secondary N) is 3. The fraction of sp³-hybridized carbons (Fsp3) is 0.267. The number of rotatable bonds is 3. The summed E-state index contributed by atoms with van der Waals surface area (Å²) in [5.74, 6) is 1.37. The average molecular weight is 316 g/mol. The highest BCUT2D eigenvalue weighted by molar-refractivity contribution is 5.95. The zero-order valence-corrected chi connectivity index (χ0v) is 12.7. The number of carbonyl (C=O) groups excluding carboxylic acids is 2. The van der Waals surface area contributed by atoms with Gasteiger partial charge < -0.3 is 19.9 Å². The van der Waals surface area contributed by atoms with E-state index in [-0.39, 0.29) is 18.6 Å². The second kappa shape index (κ2) is 5.99. The number of anilines is 2. The fourth-order valence-electron chi connectivity index (χ4n) is 2.23. The molecule has 1 aromatic carbocycles. The Morgan fingerprint density at radius 2 is 2.22 bits per heavy atom. The van der Waals surface area contributed by atoms with E-state index < -0.39 is 6.03 Å². The molecule has 8 heteroatoms. The third kappa shape index (κ3) is 3.42. The smallest absolute Gasteiger partial charge is 0.320 e. The molecular weight excluding hydrogens is 300 g/mol. The van der Waals surface area contributed by atoms with Gasteiger partial charge in [0, 0.05) is 6.07 Å². The second-order valence-electron chi connectivity index (χ2n) is 5.24. The second-order valence-corrected chi connectivity index (χ2v) is 5.24. The molecule has 23 heavy (non-hydrogen) atoms. The van der Waals surface area contributed by atoms with Gasteiger partial charge in [0.2, 0.25) is 0 Å². The molecule has 0 saturated carbocycles. The summed E-state index contributed by atoms with van der Waals surface area (Å²) >= 11 is 0. The molecular formula is C15H16N4O4. The summed E-state index contributed by atoms with van der Waals surface area (Å²) in [5.41, 5.74) is 1.43. The van der Waals surface area contributed by atoms with Crippen LogP contribution in [0.1, 0.15) is 24.3 Å². The summed E-state index contributed by atoms with van der Waals surface area (Å²) < 4.78 is 10.2. The first-order chi connectivity index (χ1) is 11.0. The van der Waals surface area contributed by atoms with Crippen LogP contribution in [0.5, 0.6) is 5.75 Å². The van der Waals surface area contributed by atoms with Gasteiger partial charge in [-0.15, -0.1) is 0 Å². The molecule has 120 valence electrons. The predicted octanol–water partition coefficient (Wildman–Crippen LogP) is 2.20. The number of fused-ring (bicyclic) bond motifs is 1. The van der Waals surface area contributed by atoms with Crippen LogP contribution in [0.3, 0.4) is 0 Å². The standard InChI is InChI=1S/C15H16N4O4/c1-8-5-13(19-23-8)18-15(21)16-9(2)10-3-4-12-11(6-10)17-14(20)7-22-12/h3-6,9H,7H2,1-2H3,(H,17,20)(H2,16,18,19,21)/t9-/m1/s1. The van der Waals surface area contributed by atoms with E-state index in [0.717, 1.165) is 5.56 Å². The number of aromatic nitrogens is 1. The molecule has 3 amide bonds. The number of nitrogens with zero attached hydrogens (tertiary/aromatic N) is 1. The van der Waals surface area contributed by atoms with Crippen molar-refractivity contribution < 1.29 is 18.8 Å². The zero-order chi connectivity index (χ0) is 16.4. The van der Waals surface area contributed by atoms with E-state index in [4.69, 9.17) is 9.26 Å². The molecule has 8 nitrogen and oxygen atoms in total. The van der Waals surface area contributed by atoms with Crippen molar-refractivity contribution in [3.8, 4) is 5.75 Å². The minimum atomic E-state index is -0.399. The Labute approximate surface area is 132 Å². The van der Waals surface area contributed by atoms with Crippen LogP contribution in [0.2, 0.25) is 0 Å². The van der Waals surface area contributed by atoms with Gasteiger partial charge in [0.15, 0.2) is 12.4 Å². The van der Waals surface area contributed by atoms with Gasteiger partial charge in [-0.1, -0.05) is 11.2 Å². The molecule has 0 spiro atoms. The molecule has 3 rings (SSSR count). The van der Waals surface area contributed by atoms with E-state index in [0.29, 0.717) is 23.0 Å². The summed E-state index contributed by atoms with van der Waals surface area (Å²) in [6.45, 7) is 3.59. The number of hydrogen-bond acceptors (Lipinski definition) is 5. The topological polar surface area (TPSA) is 105 Å². The number of aryl methyl sites for hydroxylation is 1. The van der Waals surface area contributed by atoms with E-state index in [1.165, 1.54) is 0 Å².